The molecule has 3 rings (SSSR count). The molecule has 23 heavy (non-hydrogen) atoms. The predicted octanol–water partition coefficient (Wildman–Crippen LogP) is 2.78. The van der Waals surface area contributed by atoms with Crippen molar-refractivity contribution in [3.05, 3.63) is 64.7 Å². The van der Waals surface area contributed by atoms with E-state index < -0.39 is 5.76 Å². The number of carbonyl (C=O) groups excluding carboxylic acids is 1. The lowest BCUT2D eigenvalue weighted by Crippen LogP contribution is -2.07. The number of para-hydroxylation sites is 1. The molecular weight excluding hydrogens is 296 g/mol. The molecule has 0 aliphatic rings. The highest BCUT2D eigenvalue weighted by atomic mass is 16.5. The third-order valence-electron chi connectivity index (χ3n) is 3.24. The summed E-state index contributed by atoms with van der Waals surface area (Å²) in [5, 5.41) is 2.72. The van der Waals surface area contributed by atoms with Crippen LogP contribution in [0.3, 0.4) is 0 Å². The zero-order valence-corrected chi connectivity index (χ0v) is 12.3. The molecular formula is C17H14N2O4. The summed E-state index contributed by atoms with van der Waals surface area (Å²) in [6.07, 6.45) is 3.09. The lowest BCUT2D eigenvalue weighted by molar-refractivity contribution is -0.111. The van der Waals surface area contributed by atoms with Crippen LogP contribution in [0.4, 0.5) is 5.69 Å². The van der Waals surface area contributed by atoms with Crippen LogP contribution in [-0.2, 0) is 4.79 Å². The first kappa shape index (κ1) is 14.6. The highest BCUT2D eigenvalue weighted by Crippen LogP contribution is 2.19. The van der Waals surface area contributed by atoms with E-state index in [1.165, 1.54) is 6.08 Å². The van der Waals surface area contributed by atoms with E-state index >= 15 is 0 Å². The molecule has 1 aromatic heterocycles. The van der Waals surface area contributed by atoms with Gasteiger partial charge in [0.25, 0.3) is 0 Å². The minimum atomic E-state index is -0.528. The van der Waals surface area contributed by atoms with Crippen LogP contribution in [0.25, 0.3) is 17.2 Å². The van der Waals surface area contributed by atoms with Crippen LogP contribution in [0.2, 0.25) is 0 Å². The van der Waals surface area contributed by atoms with Gasteiger partial charge in [-0.15, -0.1) is 0 Å². The normalized spacial score (nSPS) is 11.0. The molecule has 0 spiro atoms. The van der Waals surface area contributed by atoms with Gasteiger partial charge in [0.05, 0.1) is 12.6 Å². The summed E-state index contributed by atoms with van der Waals surface area (Å²) in [6.45, 7) is 0. The molecule has 0 radical (unpaired) electrons. The number of anilines is 1. The molecule has 1 heterocycles. The number of benzene rings is 2. The summed E-state index contributed by atoms with van der Waals surface area (Å²) in [7, 11) is 1.58. The van der Waals surface area contributed by atoms with Crippen LogP contribution in [0.15, 0.2) is 57.8 Å². The zero-order chi connectivity index (χ0) is 16.2. The van der Waals surface area contributed by atoms with Gasteiger partial charge in [-0.3, -0.25) is 9.78 Å². The second-order valence-corrected chi connectivity index (χ2v) is 4.79. The summed E-state index contributed by atoms with van der Waals surface area (Å²) >= 11 is 0. The number of oxazole rings is 1. The Kier molecular flexibility index (Phi) is 3.97. The van der Waals surface area contributed by atoms with Crippen LogP contribution in [0.1, 0.15) is 5.56 Å². The van der Waals surface area contributed by atoms with E-state index in [0.717, 1.165) is 5.56 Å². The van der Waals surface area contributed by atoms with Gasteiger partial charge in [-0.2, -0.15) is 0 Å². The molecule has 0 unspecified atom stereocenters. The van der Waals surface area contributed by atoms with Crippen molar-refractivity contribution in [1.29, 1.82) is 0 Å². The number of aromatic amines is 1. The lowest BCUT2D eigenvalue weighted by atomic mass is 10.2. The Morgan fingerprint density at radius 1 is 1.26 bits per heavy atom. The van der Waals surface area contributed by atoms with E-state index in [2.05, 4.69) is 10.3 Å². The summed E-state index contributed by atoms with van der Waals surface area (Å²) < 4.78 is 10.1. The molecule has 0 aliphatic heterocycles. The maximum atomic E-state index is 12.0. The third kappa shape index (κ3) is 3.32. The lowest BCUT2D eigenvalue weighted by Gasteiger charge is -2.04. The fourth-order valence-corrected chi connectivity index (χ4v) is 2.18. The predicted molar refractivity (Wildman–Crippen MR) is 87.5 cm³/mol. The molecule has 0 bridgehead atoms. The molecule has 2 aromatic carbocycles. The standard InChI is InChI=1S/C17H14N2O4/c1-22-14-5-3-2-4-11(14)6-9-16(20)18-12-7-8-15-13(10-12)19-17(21)23-15/h2-10H,1H3,(H,18,20)(H,19,21)/b9-6+. The van der Waals surface area contributed by atoms with Crippen molar-refractivity contribution < 1.29 is 13.9 Å². The number of aromatic nitrogens is 1. The number of H-pyrrole nitrogens is 1. The Balaban J connectivity index is 1.75. The molecule has 6 nitrogen and oxygen atoms in total. The topological polar surface area (TPSA) is 84.3 Å². The third-order valence-corrected chi connectivity index (χ3v) is 3.24. The number of nitrogens with one attached hydrogen (secondary N) is 2. The Bertz CT molecular complexity index is 937. The molecule has 3 aromatic rings. The fraction of sp³-hybridized carbons (Fsp3) is 0.0588. The van der Waals surface area contributed by atoms with Crippen molar-refractivity contribution in [2.45, 2.75) is 0 Å². The number of hydrogen-bond donors (Lipinski definition) is 2. The number of carbonyl (C=O) groups is 1. The van der Waals surface area contributed by atoms with E-state index in [0.29, 0.717) is 22.5 Å². The van der Waals surface area contributed by atoms with Crippen LogP contribution in [0, 0.1) is 0 Å². The van der Waals surface area contributed by atoms with Gasteiger partial charge in [0.1, 0.15) is 5.75 Å². The van der Waals surface area contributed by atoms with E-state index in [4.69, 9.17) is 9.15 Å². The summed E-state index contributed by atoms with van der Waals surface area (Å²) in [5.41, 5.74) is 2.34. The van der Waals surface area contributed by atoms with Gasteiger partial charge >= 0.3 is 5.76 Å². The minimum absolute atomic E-state index is 0.291. The van der Waals surface area contributed by atoms with Crippen LogP contribution in [0.5, 0.6) is 5.75 Å². The first-order chi connectivity index (χ1) is 11.2. The van der Waals surface area contributed by atoms with Gasteiger partial charge in [-0.1, -0.05) is 18.2 Å². The average Bonchev–Trinajstić information content (AvgIpc) is 2.92. The Labute approximate surface area is 131 Å². The van der Waals surface area contributed by atoms with Gasteiger partial charge in [-0.05, 0) is 30.3 Å². The first-order valence-corrected chi connectivity index (χ1v) is 6.90. The fourth-order valence-electron chi connectivity index (χ4n) is 2.18. The summed E-state index contributed by atoms with van der Waals surface area (Å²) in [4.78, 5) is 25.6. The van der Waals surface area contributed by atoms with E-state index in [1.54, 1.807) is 31.4 Å². The van der Waals surface area contributed by atoms with Gasteiger partial charge in [0, 0.05) is 17.3 Å². The largest absolute Gasteiger partial charge is 0.496 e. The van der Waals surface area contributed by atoms with Crippen LogP contribution >= 0.6 is 0 Å². The summed E-state index contributed by atoms with van der Waals surface area (Å²) in [6, 6.07) is 12.3. The highest BCUT2D eigenvalue weighted by molar-refractivity contribution is 6.02. The maximum Gasteiger partial charge on any atom is 0.417 e. The number of ether oxygens (including phenoxy) is 1. The number of amides is 1. The zero-order valence-electron chi connectivity index (χ0n) is 12.3. The van der Waals surface area contributed by atoms with Gasteiger partial charge in [-0.25, -0.2) is 4.79 Å². The van der Waals surface area contributed by atoms with Crippen molar-refractivity contribution in [3.8, 4) is 5.75 Å². The van der Waals surface area contributed by atoms with Crippen molar-refractivity contribution in [2.75, 3.05) is 12.4 Å². The van der Waals surface area contributed by atoms with Gasteiger partial charge in [0.2, 0.25) is 5.91 Å². The monoisotopic (exact) mass is 310 g/mol. The second-order valence-electron chi connectivity index (χ2n) is 4.79. The van der Waals surface area contributed by atoms with Crippen LogP contribution < -0.4 is 15.8 Å². The maximum absolute atomic E-state index is 12.0. The number of rotatable bonds is 4. The molecule has 0 fully saturated rings. The Hall–Kier alpha value is -3.28. The Morgan fingerprint density at radius 3 is 2.91 bits per heavy atom. The number of fused-ring (bicyclic) bond motifs is 1. The first-order valence-electron chi connectivity index (χ1n) is 6.90. The van der Waals surface area contributed by atoms with Crippen molar-refractivity contribution in [3.63, 3.8) is 0 Å². The molecule has 0 saturated carbocycles. The molecule has 116 valence electrons. The van der Waals surface area contributed by atoms with E-state index in [-0.39, 0.29) is 5.91 Å². The smallest absolute Gasteiger partial charge is 0.417 e. The van der Waals surface area contributed by atoms with E-state index in [1.807, 2.05) is 24.3 Å². The quantitative estimate of drug-likeness (QED) is 0.726. The molecule has 0 saturated heterocycles. The minimum Gasteiger partial charge on any atom is -0.496 e. The average molecular weight is 310 g/mol. The SMILES string of the molecule is COc1ccccc1/C=C/C(=O)Nc1ccc2oc(=O)[nH]c2c1. The van der Waals surface area contributed by atoms with Crippen molar-refractivity contribution in [1.82, 2.24) is 4.98 Å². The van der Waals surface area contributed by atoms with Crippen LogP contribution in [-0.4, -0.2) is 18.0 Å². The second kappa shape index (κ2) is 6.23. The number of hydrogen-bond acceptors (Lipinski definition) is 4. The molecule has 0 aliphatic carbocycles. The van der Waals surface area contributed by atoms with Gasteiger partial charge < -0.3 is 14.5 Å². The summed E-state index contributed by atoms with van der Waals surface area (Å²) in [5.74, 6) is -0.130. The van der Waals surface area contributed by atoms with Crippen molar-refractivity contribution >= 4 is 28.8 Å². The van der Waals surface area contributed by atoms with Gasteiger partial charge in [0.15, 0.2) is 5.58 Å². The van der Waals surface area contributed by atoms with Crippen molar-refractivity contribution in [2.24, 2.45) is 0 Å². The highest BCUT2D eigenvalue weighted by Gasteiger charge is 2.04. The molecule has 0 atom stereocenters. The molecule has 1 amide bonds. The Morgan fingerprint density at radius 2 is 2.09 bits per heavy atom. The molecule has 6 heteroatoms. The number of methoxy groups -OCH3 is 1. The molecule has 2 N–H and O–H groups in total. The van der Waals surface area contributed by atoms with E-state index in [9.17, 15) is 9.59 Å².